The standard InChI is InChI=1S/C20H23N5/c1-2-10-19-22-23-20(25(19)13-5-1)18-9-6-14-24(18)17-11-12-21-16-8-4-3-7-15(16)17/h3-4,7-8,11-12,18H,1-2,5-6,9-10,13-14H2/t18-/m0/s1. The lowest BCUT2D eigenvalue weighted by Gasteiger charge is -2.27. The van der Waals surface area contributed by atoms with Crippen molar-refractivity contribution in [2.75, 3.05) is 11.4 Å². The maximum Gasteiger partial charge on any atom is 0.155 e. The van der Waals surface area contributed by atoms with E-state index in [4.69, 9.17) is 0 Å². The first-order chi connectivity index (χ1) is 12.4. The van der Waals surface area contributed by atoms with Crippen LogP contribution < -0.4 is 4.90 Å². The summed E-state index contributed by atoms with van der Waals surface area (Å²) in [6.45, 7) is 2.14. The second-order valence-corrected chi connectivity index (χ2v) is 7.14. The molecular formula is C20H23N5. The van der Waals surface area contributed by atoms with Crippen molar-refractivity contribution in [2.45, 2.75) is 51.1 Å². The molecule has 0 amide bonds. The first-order valence-corrected chi connectivity index (χ1v) is 9.44. The molecule has 1 aromatic carbocycles. The van der Waals surface area contributed by atoms with Gasteiger partial charge in [-0.05, 0) is 37.8 Å². The summed E-state index contributed by atoms with van der Waals surface area (Å²) in [4.78, 5) is 7.04. The third kappa shape index (κ3) is 2.49. The number of nitrogens with zero attached hydrogens (tertiary/aromatic N) is 5. The van der Waals surface area contributed by atoms with Gasteiger partial charge in [0, 0.05) is 36.8 Å². The van der Waals surface area contributed by atoms with Gasteiger partial charge in [-0.1, -0.05) is 24.6 Å². The molecule has 2 aliphatic rings. The molecule has 0 unspecified atom stereocenters. The number of para-hydroxylation sites is 1. The molecule has 5 heteroatoms. The smallest absolute Gasteiger partial charge is 0.155 e. The Bertz CT molecular complexity index is 895. The first kappa shape index (κ1) is 14.9. The lowest BCUT2D eigenvalue weighted by molar-refractivity contribution is 0.560. The molecule has 2 aliphatic heterocycles. The normalized spacial score (nSPS) is 20.6. The zero-order valence-corrected chi connectivity index (χ0v) is 14.4. The van der Waals surface area contributed by atoms with Gasteiger partial charge in [0.05, 0.1) is 11.6 Å². The van der Waals surface area contributed by atoms with Crippen LogP contribution in [-0.4, -0.2) is 26.3 Å². The van der Waals surface area contributed by atoms with E-state index in [9.17, 15) is 0 Å². The number of hydrogen-bond acceptors (Lipinski definition) is 4. The molecule has 3 aromatic rings. The molecule has 4 heterocycles. The molecule has 0 radical (unpaired) electrons. The molecule has 0 bridgehead atoms. The number of anilines is 1. The monoisotopic (exact) mass is 333 g/mol. The van der Waals surface area contributed by atoms with Gasteiger partial charge in [0.25, 0.3) is 0 Å². The predicted octanol–water partition coefficient (Wildman–Crippen LogP) is 3.89. The molecule has 128 valence electrons. The third-order valence-corrected chi connectivity index (χ3v) is 5.62. The van der Waals surface area contributed by atoms with Crippen molar-refractivity contribution >= 4 is 16.6 Å². The number of benzene rings is 1. The quantitative estimate of drug-likeness (QED) is 0.714. The summed E-state index contributed by atoms with van der Waals surface area (Å²) in [6.07, 6.45) is 9.12. The molecule has 0 aliphatic carbocycles. The summed E-state index contributed by atoms with van der Waals surface area (Å²) in [5.41, 5.74) is 2.34. The van der Waals surface area contributed by atoms with Gasteiger partial charge < -0.3 is 9.47 Å². The van der Waals surface area contributed by atoms with E-state index in [0.29, 0.717) is 6.04 Å². The van der Waals surface area contributed by atoms with Crippen LogP contribution in [0.4, 0.5) is 5.69 Å². The van der Waals surface area contributed by atoms with Crippen molar-refractivity contribution in [1.29, 1.82) is 0 Å². The van der Waals surface area contributed by atoms with Crippen molar-refractivity contribution < 1.29 is 0 Å². The Labute approximate surface area is 147 Å². The van der Waals surface area contributed by atoms with E-state index in [0.717, 1.165) is 37.3 Å². The summed E-state index contributed by atoms with van der Waals surface area (Å²) < 4.78 is 2.40. The Hall–Kier alpha value is -2.43. The summed E-state index contributed by atoms with van der Waals surface area (Å²) in [5, 5.41) is 10.4. The van der Waals surface area contributed by atoms with Crippen LogP contribution in [0.15, 0.2) is 36.5 Å². The Morgan fingerprint density at radius 1 is 0.920 bits per heavy atom. The van der Waals surface area contributed by atoms with E-state index in [-0.39, 0.29) is 0 Å². The predicted molar refractivity (Wildman–Crippen MR) is 98.6 cm³/mol. The lowest BCUT2D eigenvalue weighted by Crippen LogP contribution is -2.26. The molecule has 1 fully saturated rings. The van der Waals surface area contributed by atoms with Crippen molar-refractivity contribution in [3.8, 4) is 0 Å². The Kier molecular flexibility index (Phi) is 3.65. The number of rotatable bonds is 2. The molecule has 0 spiro atoms. The molecule has 0 saturated carbocycles. The van der Waals surface area contributed by atoms with E-state index >= 15 is 0 Å². The minimum Gasteiger partial charge on any atom is -0.361 e. The number of aryl methyl sites for hydroxylation is 1. The van der Waals surface area contributed by atoms with Gasteiger partial charge in [0.2, 0.25) is 0 Å². The largest absolute Gasteiger partial charge is 0.361 e. The third-order valence-electron chi connectivity index (χ3n) is 5.62. The minimum atomic E-state index is 0.324. The van der Waals surface area contributed by atoms with Gasteiger partial charge in [-0.25, -0.2) is 0 Å². The summed E-state index contributed by atoms with van der Waals surface area (Å²) >= 11 is 0. The van der Waals surface area contributed by atoms with E-state index < -0.39 is 0 Å². The van der Waals surface area contributed by atoms with Crippen LogP contribution in [0.2, 0.25) is 0 Å². The van der Waals surface area contributed by atoms with Crippen LogP contribution in [0.3, 0.4) is 0 Å². The van der Waals surface area contributed by atoms with Gasteiger partial charge in [-0.15, -0.1) is 10.2 Å². The SMILES string of the molecule is c1ccc2c(N3CCC[C@H]3c3nnc4n3CCCCC4)ccnc2c1. The average Bonchev–Trinajstić information content (AvgIpc) is 3.22. The molecule has 5 nitrogen and oxygen atoms in total. The first-order valence-electron chi connectivity index (χ1n) is 9.44. The molecular weight excluding hydrogens is 310 g/mol. The molecule has 1 saturated heterocycles. The Morgan fingerprint density at radius 3 is 2.88 bits per heavy atom. The fourth-order valence-electron chi connectivity index (χ4n) is 4.41. The molecule has 0 N–H and O–H groups in total. The Morgan fingerprint density at radius 2 is 1.88 bits per heavy atom. The van der Waals surface area contributed by atoms with E-state index in [1.54, 1.807) is 0 Å². The lowest BCUT2D eigenvalue weighted by atomic mass is 10.1. The van der Waals surface area contributed by atoms with Gasteiger partial charge in [-0.3, -0.25) is 4.98 Å². The highest BCUT2D eigenvalue weighted by atomic mass is 15.3. The highest BCUT2D eigenvalue weighted by Gasteiger charge is 2.32. The van der Waals surface area contributed by atoms with Crippen molar-refractivity contribution in [1.82, 2.24) is 19.7 Å². The molecule has 5 rings (SSSR count). The van der Waals surface area contributed by atoms with Crippen molar-refractivity contribution in [3.63, 3.8) is 0 Å². The van der Waals surface area contributed by atoms with Crippen LogP contribution in [0, 0.1) is 0 Å². The molecule has 2 aromatic heterocycles. The van der Waals surface area contributed by atoms with Crippen LogP contribution in [0.25, 0.3) is 10.9 Å². The van der Waals surface area contributed by atoms with Crippen LogP contribution in [0.1, 0.15) is 49.8 Å². The molecule has 1 atom stereocenters. The van der Waals surface area contributed by atoms with Crippen LogP contribution in [0.5, 0.6) is 0 Å². The summed E-state index contributed by atoms with van der Waals surface area (Å²) in [7, 11) is 0. The maximum atomic E-state index is 4.63. The zero-order chi connectivity index (χ0) is 16.6. The maximum absolute atomic E-state index is 4.63. The van der Waals surface area contributed by atoms with E-state index in [1.165, 1.54) is 42.6 Å². The van der Waals surface area contributed by atoms with Crippen LogP contribution in [-0.2, 0) is 13.0 Å². The fourth-order valence-corrected chi connectivity index (χ4v) is 4.41. The fraction of sp³-hybridized carbons (Fsp3) is 0.450. The van der Waals surface area contributed by atoms with Gasteiger partial charge in [0.15, 0.2) is 5.82 Å². The number of pyridine rings is 1. The summed E-state index contributed by atoms with van der Waals surface area (Å²) in [6, 6.07) is 10.9. The second kappa shape index (κ2) is 6.14. The average molecular weight is 333 g/mol. The minimum absolute atomic E-state index is 0.324. The summed E-state index contributed by atoms with van der Waals surface area (Å²) in [5.74, 6) is 2.34. The van der Waals surface area contributed by atoms with Crippen molar-refractivity contribution in [2.24, 2.45) is 0 Å². The highest BCUT2D eigenvalue weighted by Crippen LogP contribution is 2.38. The number of aromatic nitrogens is 4. The topological polar surface area (TPSA) is 46.8 Å². The highest BCUT2D eigenvalue weighted by molar-refractivity contribution is 5.91. The van der Waals surface area contributed by atoms with Crippen molar-refractivity contribution in [3.05, 3.63) is 48.2 Å². The Balaban J connectivity index is 1.57. The van der Waals surface area contributed by atoms with Gasteiger partial charge in [0.1, 0.15) is 5.82 Å². The number of hydrogen-bond donors (Lipinski definition) is 0. The van der Waals surface area contributed by atoms with E-state index in [1.807, 2.05) is 6.20 Å². The van der Waals surface area contributed by atoms with Gasteiger partial charge >= 0.3 is 0 Å². The molecule has 25 heavy (non-hydrogen) atoms. The van der Waals surface area contributed by atoms with E-state index in [2.05, 4.69) is 55.0 Å². The number of fused-ring (bicyclic) bond motifs is 2. The van der Waals surface area contributed by atoms with Gasteiger partial charge in [-0.2, -0.15) is 0 Å². The second-order valence-electron chi connectivity index (χ2n) is 7.14. The zero-order valence-electron chi connectivity index (χ0n) is 14.4. The van der Waals surface area contributed by atoms with Crippen LogP contribution >= 0.6 is 0 Å².